The summed E-state index contributed by atoms with van der Waals surface area (Å²) in [7, 11) is 0. The molecule has 0 aliphatic heterocycles. The molecule has 2 bridgehead atoms. The van der Waals surface area contributed by atoms with Crippen LogP contribution in [0.4, 0.5) is 28.4 Å². The predicted molar refractivity (Wildman–Crippen MR) is 299 cm³/mol. The van der Waals surface area contributed by atoms with Gasteiger partial charge in [0, 0.05) is 39.0 Å². The maximum absolute atomic E-state index is 6.90. The molecular formula is C66H50N2O2. The summed E-state index contributed by atoms with van der Waals surface area (Å²) in [5.74, 6) is 0.854. The average molecular weight is 903 g/mol. The fourth-order valence-electron chi connectivity index (χ4n) is 9.79. The van der Waals surface area contributed by atoms with E-state index in [1.165, 1.54) is 0 Å². The van der Waals surface area contributed by atoms with Gasteiger partial charge in [-0.3, -0.25) is 0 Å². The highest BCUT2D eigenvalue weighted by Gasteiger charge is 2.24. The first-order valence-electron chi connectivity index (χ1n) is 23.7. The van der Waals surface area contributed by atoms with Crippen molar-refractivity contribution in [3.05, 3.63) is 265 Å². The summed E-state index contributed by atoms with van der Waals surface area (Å²) in [6.45, 7) is 10.5. The largest absolute Gasteiger partial charge is 0.454 e. The summed E-state index contributed by atoms with van der Waals surface area (Å²) in [4.78, 5) is 4.64. The van der Waals surface area contributed by atoms with Gasteiger partial charge in [0.15, 0.2) is 11.2 Å². The molecule has 0 N–H and O–H groups in total. The molecule has 4 heteroatoms. The molecule has 1 aliphatic rings. The second kappa shape index (κ2) is 19.2. The molecule has 336 valence electrons. The summed E-state index contributed by atoms with van der Waals surface area (Å²) < 4.78 is 13.7. The van der Waals surface area contributed by atoms with Crippen LogP contribution < -0.4 is 15.0 Å². The zero-order valence-electron chi connectivity index (χ0n) is 39.0. The molecule has 1 aliphatic carbocycles. The Labute approximate surface area is 408 Å². The van der Waals surface area contributed by atoms with Gasteiger partial charge in [-0.25, -0.2) is 0 Å². The van der Waals surface area contributed by atoms with Crippen LogP contribution in [0.3, 0.4) is 0 Å². The Bertz CT molecular complexity index is 3880. The first kappa shape index (κ1) is 43.5. The fourth-order valence-corrected chi connectivity index (χ4v) is 9.79. The number of benzene rings is 7. The van der Waals surface area contributed by atoms with Crippen molar-refractivity contribution in [3.63, 3.8) is 0 Å². The van der Waals surface area contributed by atoms with Crippen molar-refractivity contribution >= 4 is 102 Å². The van der Waals surface area contributed by atoms with Crippen LogP contribution in [0.2, 0.25) is 0 Å². The smallest absolute Gasteiger partial charge is 0.159 e. The number of hydrogen-bond donors (Lipinski definition) is 0. The molecule has 10 aromatic rings. The maximum Gasteiger partial charge on any atom is 0.159 e. The molecule has 2 aromatic heterocycles. The topological polar surface area (TPSA) is 32.8 Å². The Morgan fingerprint density at radius 1 is 0.557 bits per heavy atom. The van der Waals surface area contributed by atoms with E-state index in [0.29, 0.717) is 0 Å². The Hall–Kier alpha value is -9.12. The lowest BCUT2D eigenvalue weighted by molar-refractivity contribution is 0.603. The molecule has 0 unspecified atom stereocenters. The zero-order chi connectivity index (χ0) is 47.4. The van der Waals surface area contributed by atoms with Crippen LogP contribution in [0.1, 0.15) is 35.8 Å². The Morgan fingerprint density at radius 2 is 1.23 bits per heavy atom. The van der Waals surface area contributed by atoms with E-state index in [0.717, 1.165) is 123 Å². The highest BCUT2D eigenvalue weighted by atomic mass is 16.3. The van der Waals surface area contributed by atoms with Gasteiger partial charge >= 0.3 is 0 Å². The van der Waals surface area contributed by atoms with E-state index in [4.69, 9.17) is 8.83 Å². The minimum atomic E-state index is 0.797. The van der Waals surface area contributed by atoms with Gasteiger partial charge in [-0.05, 0) is 94.6 Å². The number of allylic oxidation sites excluding steroid dienone is 7. The van der Waals surface area contributed by atoms with Crippen molar-refractivity contribution in [3.8, 4) is 11.1 Å². The second-order valence-corrected chi connectivity index (χ2v) is 17.2. The number of furan rings is 2. The number of fused-ring (bicyclic) bond motifs is 8. The van der Waals surface area contributed by atoms with Crippen LogP contribution in [0, 0.1) is 0 Å². The van der Waals surface area contributed by atoms with Gasteiger partial charge in [0.05, 0.1) is 28.4 Å². The minimum absolute atomic E-state index is 0.797. The normalized spacial score (nSPS) is 12.7. The van der Waals surface area contributed by atoms with Crippen LogP contribution >= 0.6 is 0 Å². The quantitative estimate of drug-likeness (QED) is 0.121. The second-order valence-electron chi connectivity index (χ2n) is 17.2. The molecule has 11 rings (SSSR count). The van der Waals surface area contributed by atoms with Crippen LogP contribution in [-0.4, -0.2) is 0 Å². The first-order valence-corrected chi connectivity index (χ1v) is 23.7. The highest BCUT2D eigenvalue weighted by molar-refractivity contribution is 6.11. The van der Waals surface area contributed by atoms with E-state index in [2.05, 4.69) is 248 Å². The minimum Gasteiger partial charge on any atom is -0.454 e. The van der Waals surface area contributed by atoms with Crippen molar-refractivity contribution in [2.75, 3.05) is 9.80 Å². The van der Waals surface area contributed by atoms with Gasteiger partial charge in [-0.2, -0.15) is 0 Å². The summed E-state index contributed by atoms with van der Waals surface area (Å²) in [5.41, 5.74) is 13.6. The van der Waals surface area contributed by atoms with Crippen LogP contribution in [0.5, 0.6) is 0 Å². The van der Waals surface area contributed by atoms with Crippen LogP contribution in [0.15, 0.2) is 247 Å². The Kier molecular flexibility index (Phi) is 11.9. The molecule has 0 saturated heterocycles. The van der Waals surface area contributed by atoms with Gasteiger partial charge < -0.3 is 18.6 Å². The zero-order valence-corrected chi connectivity index (χ0v) is 39.0. The molecule has 0 atom stereocenters. The van der Waals surface area contributed by atoms with Gasteiger partial charge in [0.2, 0.25) is 0 Å². The first-order chi connectivity index (χ1) is 34.6. The van der Waals surface area contributed by atoms with Crippen molar-refractivity contribution in [2.45, 2.75) is 13.3 Å². The molecule has 2 heterocycles. The Balaban J connectivity index is 1.22. The van der Waals surface area contributed by atoms with E-state index < -0.39 is 0 Å². The summed E-state index contributed by atoms with van der Waals surface area (Å²) in [6.07, 6.45) is 21.8. The summed E-state index contributed by atoms with van der Waals surface area (Å²) >= 11 is 0. The number of hydrogen-bond acceptors (Lipinski definition) is 4. The highest BCUT2D eigenvalue weighted by Crippen LogP contribution is 2.47. The third-order valence-corrected chi connectivity index (χ3v) is 13.0. The molecule has 0 amide bonds. The standard InChI is InChI=1S/C66H50N2O2/c1-4-24-47(25-5-2)51-29-16-19-36-59(51)67(61-38-22-33-55-54-32-18-21-41-64(54)69-65(55)61)45-50-28-12-8-14-35-58(49-43-42-46(6-3)57(50)44-49)68(60-37-20-17-30-52(60)48-26-10-7-11-27-48)62-39-23-34-56-53-31-13-9-15-40-63(53)70-66(56)62/h4-8,10-45H,1,3,9H2,2H3/b14-8?,25-5-,28-12?,47-24+,50-45+,58-35?. The Morgan fingerprint density at radius 3 is 2.07 bits per heavy atom. The summed E-state index contributed by atoms with van der Waals surface area (Å²) in [5, 5.41) is 6.16. The molecule has 0 radical (unpaired) electrons. The molecule has 70 heavy (non-hydrogen) atoms. The maximum atomic E-state index is 6.90. The fraction of sp³-hybridized carbons (Fsp3) is 0.0303. The van der Waals surface area contributed by atoms with Crippen molar-refractivity contribution < 1.29 is 8.83 Å². The third-order valence-electron chi connectivity index (χ3n) is 13.0. The van der Waals surface area contributed by atoms with Crippen LogP contribution in [-0.2, 0) is 0 Å². The number of nitrogens with zero attached hydrogens (tertiary/aromatic N) is 2. The van der Waals surface area contributed by atoms with Crippen LogP contribution in [0.25, 0.3) is 84.8 Å². The number of para-hydroxylation sites is 5. The van der Waals surface area contributed by atoms with E-state index in [-0.39, 0.29) is 0 Å². The molecule has 0 spiro atoms. The van der Waals surface area contributed by atoms with Gasteiger partial charge in [0.25, 0.3) is 0 Å². The van der Waals surface area contributed by atoms with Crippen molar-refractivity contribution in [1.29, 1.82) is 0 Å². The molecule has 0 fully saturated rings. The van der Waals surface area contributed by atoms with Crippen molar-refractivity contribution in [1.82, 2.24) is 0 Å². The van der Waals surface area contributed by atoms with E-state index in [1.807, 2.05) is 31.2 Å². The lowest BCUT2D eigenvalue weighted by Crippen LogP contribution is -2.16. The molecule has 4 nitrogen and oxygen atoms in total. The molecule has 0 saturated carbocycles. The van der Waals surface area contributed by atoms with Gasteiger partial charge in [0.1, 0.15) is 11.3 Å². The molecular weight excluding hydrogens is 853 g/mol. The van der Waals surface area contributed by atoms with Crippen molar-refractivity contribution in [2.24, 2.45) is 0 Å². The lowest BCUT2D eigenvalue weighted by atomic mass is 10.00. The van der Waals surface area contributed by atoms with E-state index in [9.17, 15) is 0 Å². The monoisotopic (exact) mass is 902 g/mol. The number of rotatable bonds is 11. The third kappa shape index (κ3) is 8.01. The summed E-state index contributed by atoms with van der Waals surface area (Å²) in [6, 6.07) is 66.3. The van der Waals surface area contributed by atoms with E-state index in [1.54, 1.807) is 0 Å². The average Bonchev–Trinajstić information content (AvgIpc) is 3.88. The predicted octanol–water partition coefficient (Wildman–Crippen LogP) is 18.3. The van der Waals surface area contributed by atoms with Gasteiger partial charge in [-0.15, -0.1) is 0 Å². The lowest BCUT2D eigenvalue weighted by Gasteiger charge is -2.28. The SMILES string of the molecule is C=C/C=C(\C=C/C)c1ccccc1N(/C=c1\cccccc(N(c2ccccc2-c2ccccc2)c2cccc3c4c(oc23)C=CCC=C4)c2ccc(C=C)c1c2)c1cccc2c1oc1ccccc12. The van der Waals surface area contributed by atoms with E-state index >= 15 is 0 Å². The molecule has 8 aromatic carbocycles. The number of anilines is 5. The van der Waals surface area contributed by atoms with Gasteiger partial charge in [-0.1, -0.05) is 207 Å².